The summed E-state index contributed by atoms with van der Waals surface area (Å²) in [5, 5.41) is 5.89. The minimum Gasteiger partial charge on any atom is -0.351 e. The van der Waals surface area contributed by atoms with Crippen LogP contribution in [0.3, 0.4) is 0 Å². The van der Waals surface area contributed by atoms with Crippen LogP contribution in [0.25, 0.3) is 0 Å². The first-order valence-corrected chi connectivity index (χ1v) is 7.55. The second kappa shape index (κ2) is 7.58. The van der Waals surface area contributed by atoms with E-state index in [0.29, 0.717) is 18.7 Å². The maximum atomic E-state index is 12.1. The number of nitrogens with zero attached hydrogens (tertiary/aromatic N) is 1. The van der Waals surface area contributed by atoms with Crippen LogP contribution in [0.5, 0.6) is 0 Å². The molecule has 1 amide bonds. The number of carbonyl (C=O) groups is 1. The minimum atomic E-state index is -0.102. The number of hydrogen-bond acceptors (Lipinski definition) is 4. The van der Waals surface area contributed by atoms with Crippen LogP contribution in [0.4, 0.5) is 0 Å². The smallest absolute Gasteiger partial charge is 0.251 e. The molecule has 1 heterocycles. The Morgan fingerprint density at radius 2 is 2.38 bits per heavy atom. The highest BCUT2D eigenvalue weighted by Crippen LogP contribution is 2.16. The van der Waals surface area contributed by atoms with Crippen molar-refractivity contribution in [1.29, 1.82) is 0 Å². The van der Waals surface area contributed by atoms with Crippen molar-refractivity contribution < 1.29 is 4.79 Å². The van der Waals surface area contributed by atoms with Gasteiger partial charge in [-0.25, -0.2) is 4.98 Å². The highest BCUT2D eigenvalue weighted by Gasteiger charge is 2.11. The lowest BCUT2D eigenvalue weighted by atomic mass is 10.1. The van der Waals surface area contributed by atoms with Gasteiger partial charge in [-0.15, -0.1) is 11.3 Å². The third kappa shape index (κ3) is 4.42. The number of nitrogens with two attached hydrogens (primary N) is 1. The largest absolute Gasteiger partial charge is 0.351 e. The topological polar surface area (TPSA) is 68.0 Å². The number of carbonyl (C=O) groups excluding carboxylic acids is 1. The Morgan fingerprint density at radius 3 is 3.10 bits per heavy atom. The summed E-state index contributed by atoms with van der Waals surface area (Å²) in [4.78, 5) is 16.4. The first-order valence-electron chi connectivity index (χ1n) is 6.67. The van der Waals surface area contributed by atoms with E-state index in [1.54, 1.807) is 29.7 Å². The lowest BCUT2D eigenvalue weighted by Gasteiger charge is -2.10. The molecule has 2 aromatic rings. The zero-order chi connectivity index (χ0) is 15.1. The number of rotatable bonds is 4. The van der Waals surface area contributed by atoms with Crippen molar-refractivity contribution >= 4 is 17.2 Å². The van der Waals surface area contributed by atoms with E-state index in [-0.39, 0.29) is 11.8 Å². The molecule has 1 unspecified atom stereocenters. The summed E-state index contributed by atoms with van der Waals surface area (Å²) < 4.78 is 0. The number of amides is 1. The molecular weight excluding hydrogens is 282 g/mol. The molecule has 108 valence electrons. The Hall–Kier alpha value is -2.16. The first-order chi connectivity index (χ1) is 10.2. The lowest BCUT2D eigenvalue weighted by Crippen LogP contribution is -2.27. The van der Waals surface area contributed by atoms with Crippen LogP contribution in [-0.2, 0) is 0 Å². The van der Waals surface area contributed by atoms with Crippen LogP contribution in [0, 0.1) is 11.8 Å². The Kier molecular flexibility index (Phi) is 5.50. The maximum absolute atomic E-state index is 12.1. The van der Waals surface area contributed by atoms with E-state index in [1.165, 1.54) is 0 Å². The van der Waals surface area contributed by atoms with Gasteiger partial charge in [0.05, 0.1) is 11.6 Å². The Morgan fingerprint density at radius 1 is 1.52 bits per heavy atom. The molecule has 0 aliphatic carbocycles. The summed E-state index contributed by atoms with van der Waals surface area (Å²) in [7, 11) is 0. The molecule has 0 aliphatic heterocycles. The summed E-state index contributed by atoms with van der Waals surface area (Å²) in [6, 6.07) is 7.22. The van der Waals surface area contributed by atoms with Gasteiger partial charge in [0.1, 0.15) is 0 Å². The van der Waals surface area contributed by atoms with Gasteiger partial charge in [0.25, 0.3) is 5.91 Å². The van der Waals surface area contributed by atoms with Gasteiger partial charge in [0.15, 0.2) is 0 Å². The van der Waals surface area contributed by atoms with Gasteiger partial charge >= 0.3 is 0 Å². The lowest BCUT2D eigenvalue weighted by molar-refractivity contribution is 0.0951. The van der Waals surface area contributed by atoms with Gasteiger partial charge in [-0.05, 0) is 18.2 Å². The number of nitrogens with one attached hydrogen (secondary N) is 1. The Balaban J connectivity index is 1.97. The number of benzene rings is 1. The summed E-state index contributed by atoms with van der Waals surface area (Å²) in [5.74, 6) is 5.80. The average molecular weight is 299 g/mol. The van der Waals surface area contributed by atoms with Gasteiger partial charge < -0.3 is 11.1 Å². The third-order valence-electron chi connectivity index (χ3n) is 2.90. The highest BCUT2D eigenvalue weighted by molar-refractivity contribution is 7.09. The van der Waals surface area contributed by atoms with E-state index in [2.05, 4.69) is 22.1 Å². The standard InChI is InChI=1S/C16H17N3OS/c1-12(16-18-8-9-21-16)11-19-15(20)14-6-2-4-13(10-14)5-3-7-17/h2,4,6,8-10,12H,7,11,17H2,1H3,(H,19,20). The van der Waals surface area contributed by atoms with Crippen LogP contribution in [0.1, 0.15) is 33.8 Å². The number of thiazole rings is 1. The summed E-state index contributed by atoms with van der Waals surface area (Å²) in [6.07, 6.45) is 1.78. The fourth-order valence-corrected chi connectivity index (χ4v) is 2.50. The van der Waals surface area contributed by atoms with Crippen LogP contribution in [0.2, 0.25) is 0 Å². The molecule has 0 saturated carbocycles. The average Bonchev–Trinajstić information content (AvgIpc) is 3.05. The first kappa shape index (κ1) is 15.2. The molecular formula is C16H17N3OS. The van der Waals surface area contributed by atoms with Gasteiger partial charge in [0.2, 0.25) is 0 Å². The van der Waals surface area contributed by atoms with E-state index in [0.717, 1.165) is 10.6 Å². The molecule has 1 aromatic carbocycles. The van der Waals surface area contributed by atoms with Crippen LogP contribution >= 0.6 is 11.3 Å². The molecule has 0 spiro atoms. The summed E-state index contributed by atoms with van der Waals surface area (Å²) >= 11 is 1.60. The molecule has 1 atom stereocenters. The van der Waals surface area contributed by atoms with Crippen molar-refractivity contribution in [3.63, 3.8) is 0 Å². The zero-order valence-electron chi connectivity index (χ0n) is 11.8. The molecule has 0 saturated heterocycles. The summed E-state index contributed by atoms with van der Waals surface area (Å²) in [6.45, 7) is 2.91. The molecule has 2 rings (SSSR count). The predicted molar refractivity (Wildman–Crippen MR) is 85.2 cm³/mol. The van der Waals surface area contributed by atoms with Crippen molar-refractivity contribution in [2.45, 2.75) is 12.8 Å². The van der Waals surface area contributed by atoms with Crippen LogP contribution in [0.15, 0.2) is 35.8 Å². The van der Waals surface area contributed by atoms with Gasteiger partial charge in [-0.1, -0.05) is 24.8 Å². The Bertz CT molecular complexity index is 656. The van der Waals surface area contributed by atoms with Gasteiger partial charge in [0, 0.05) is 35.2 Å². The molecule has 3 N–H and O–H groups in total. The van der Waals surface area contributed by atoms with Gasteiger partial charge in [-0.2, -0.15) is 0 Å². The molecule has 21 heavy (non-hydrogen) atoms. The van der Waals surface area contributed by atoms with E-state index >= 15 is 0 Å². The third-order valence-corrected chi connectivity index (χ3v) is 3.91. The molecule has 5 heteroatoms. The SMILES string of the molecule is CC(CNC(=O)c1cccc(C#CCN)c1)c1nccs1. The van der Waals surface area contributed by atoms with Crippen molar-refractivity contribution in [1.82, 2.24) is 10.3 Å². The van der Waals surface area contributed by atoms with E-state index in [1.807, 2.05) is 24.4 Å². The zero-order valence-corrected chi connectivity index (χ0v) is 12.6. The van der Waals surface area contributed by atoms with Crippen molar-refractivity contribution in [2.75, 3.05) is 13.1 Å². The van der Waals surface area contributed by atoms with Crippen molar-refractivity contribution in [3.8, 4) is 11.8 Å². The summed E-state index contributed by atoms with van der Waals surface area (Å²) in [5.41, 5.74) is 6.74. The quantitative estimate of drug-likeness (QED) is 0.848. The molecule has 4 nitrogen and oxygen atoms in total. The fraction of sp³-hybridized carbons (Fsp3) is 0.250. The van der Waals surface area contributed by atoms with E-state index in [9.17, 15) is 4.79 Å². The second-order valence-electron chi connectivity index (χ2n) is 4.57. The Labute approximate surface area is 128 Å². The minimum absolute atomic E-state index is 0.102. The molecule has 0 radical (unpaired) electrons. The molecule has 0 aliphatic rings. The van der Waals surface area contributed by atoms with E-state index < -0.39 is 0 Å². The van der Waals surface area contributed by atoms with Crippen LogP contribution < -0.4 is 11.1 Å². The van der Waals surface area contributed by atoms with Crippen molar-refractivity contribution in [3.05, 3.63) is 52.0 Å². The number of hydrogen-bond donors (Lipinski definition) is 2. The normalized spacial score (nSPS) is 11.3. The fourth-order valence-electron chi connectivity index (χ4n) is 1.80. The highest BCUT2D eigenvalue weighted by atomic mass is 32.1. The predicted octanol–water partition coefficient (Wildman–Crippen LogP) is 1.99. The molecule has 1 aromatic heterocycles. The van der Waals surface area contributed by atoms with E-state index in [4.69, 9.17) is 5.73 Å². The van der Waals surface area contributed by atoms with Gasteiger partial charge in [-0.3, -0.25) is 4.79 Å². The molecule has 0 fully saturated rings. The monoisotopic (exact) mass is 299 g/mol. The van der Waals surface area contributed by atoms with Crippen LogP contribution in [-0.4, -0.2) is 24.0 Å². The maximum Gasteiger partial charge on any atom is 0.251 e. The van der Waals surface area contributed by atoms with Crippen molar-refractivity contribution in [2.24, 2.45) is 5.73 Å². The second-order valence-corrected chi connectivity index (χ2v) is 5.49. The number of aromatic nitrogens is 1. The molecule has 0 bridgehead atoms.